The number of amides is 2. The van der Waals surface area contributed by atoms with E-state index in [1.54, 1.807) is 17.0 Å². The SMILES string of the molecule is O=C(Nc1ccc(N2CCCC2)cc1)c1cc(C(=O)N2CCOCC2)ccn1. The zero-order valence-electron chi connectivity index (χ0n) is 15.8. The van der Waals surface area contributed by atoms with Crippen molar-refractivity contribution in [1.82, 2.24) is 9.88 Å². The third-order valence-electron chi connectivity index (χ3n) is 5.13. The highest BCUT2D eigenvalue weighted by molar-refractivity contribution is 6.04. The molecule has 2 fully saturated rings. The van der Waals surface area contributed by atoms with Crippen molar-refractivity contribution in [2.45, 2.75) is 12.8 Å². The highest BCUT2D eigenvalue weighted by atomic mass is 16.5. The molecule has 3 heterocycles. The molecule has 0 spiro atoms. The van der Waals surface area contributed by atoms with Gasteiger partial charge < -0.3 is 19.9 Å². The molecule has 1 N–H and O–H groups in total. The standard InChI is InChI=1S/C21H24N4O3/c26-20(23-17-3-5-18(6-4-17)24-9-1-2-10-24)19-15-16(7-8-22-19)21(27)25-11-13-28-14-12-25/h3-8,15H,1-2,9-14H2,(H,23,26). The Morgan fingerprint density at radius 3 is 2.39 bits per heavy atom. The first-order chi connectivity index (χ1) is 13.7. The number of carbonyl (C=O) groups is 2. The quantitative estimate of drug-likeness (QED) is 0.882. The zero-order chi connectivity index (χ0) is 19.3. The lowest BCUT2D eigenvalue weighted by Gasteiger charge is -2.26. The van der Waals surface area contributed by atoms with Crippen LogP contribution in [0.3, 0.4) is 0 Å². The molecular weight excluding hydrogens is 356 g/mol. The minimum Gasteiger partial charge on any atom is -0.378 e. The Morgan fingerprint density at radius 2 is 1.68 bits per heavy atom. The van der Waals surface area contributed by atoms with Crippen molar-refractivity contribution in [1.29, 1.82) is 0 Å². The van der Waals surface area contributed by atoms with E-state index >= 15 is 0 Å². The number of hydrogen-bond acceptors (Lipinski definition) is 5. The van der Waals surface area contributed by atoms with Gasteiger partial charge in [0.1, 0.15) is 5.69 Å². The molecule has 1 aromatic heterocycles. The average molecular weight is 380 g/mol. The van der Waals surface area contributed by atoms with Crippen molar-refractivity contribution >= 4 is 23.2 Å². The van der Waals surface area contributed by atoms with Gasteiger partial charge >= 0.3 is 0 Å². The lowest BCUT2D eigenvalue weighted by atomic mass is 10.2. The van der Waals surface area contributed by atoms with E-state index in [9.17, 15) is 9.59 Å². The van der Waals surface area contributed by atoms with Crippen molar-refractivity contribution in [3.63, 3.8) is 0 Å². The van der Waals surface area contributed by atoms with E-state index in [2.05, 4.69) is 15.2 Å². The molecule has 0 saturated carbocycles. The number of morpholine rings is 1. The molecule has 1 aromatic carbocycles. The number of nitrogens with one attached hydrogen (secondary N) is 1. The Kier molecular flexibility index (Phi) is 5.53. The third-order valence-corrected chi connectivity index (χ3v) is 5.13. The Bertz CT molecular complexity index is 841. The number of benzene rings is 1. The number of rotatable bonds is 4. The van der Waals surface area contributed by atoms with E-state index in [0.717, 1.165) is 13.1 Å². The van der Waals surface area contributed by atoms with Crippen LogP contribution in [0.25, 0.3) is 0 Å². The number of ether oxygens (including phenoxy) is 1. The van der Waals surface area contributed by atoms with Crippen molar-refractivity contribution < 1.29 is 14.3 Å². The molecule has 7 nitrogen and oxygen atoms in total. The highest BCUT2D eigenvalue weighted by Crippen LogP contribution is 2.22. The first-order valence-electron chi connectivity index (χ1n) is 9.70. The predicted octanol–water partition coefficient (Wildman–Crippen LogP) is 2.41. The maximum atomic E-state index is 12.6. The third kappa shape index (κ3) is 4.14. The summed E-state index contributed by atoms with van der Waals surface area (Å²) in [7, 11) is 0. The number of anilines is 2. The minimum atomic E-state index is -0.328. The fraction of sp³-hybridized carbons (Fsp3) is 0.381. The van der Waals surface area contributed by atoms with Crippen LogP contribution in [-0.4, -0.2) is 61.1 Å². The van der Waals surface area contributed by atoms with Gasteiger partial charge in [-0.05, 0) is 49.2 Å². The average Bonchev–Trinajstić information content (AvgIpc) is 3.29. The summed E-state index contributed by atoms with van der Waals surface area (Å²) in [5.41, 5.74) is 2.57. The molecule has 0 radical (unpaired) electrons. The van der Waals surface area contributed by atoms with E-state index in [4.69, 9.17) is 4.74 Å². The fourth-order valence-corrected chi connectivity index (χ4v) is 3.56. The van der Waals surface area contributed by atoms with E-state index in [1.165, 1.54) is 24.7 Å². The van der Waals surface area contributed by atoms with Crippen LogP contribution in [0.2, 0.25) is 0 Å². The number of aromatic nitrogens is 1. The Morgan fingerprint density at radius 1 is 0.964 bits per heavy atom. The summed E-state index contributed by atoms with van der Waals surface area (Å²) in [4.78, 5) is 33.4. The summed E-state index contributed by atoms with van der Waals surface area (Å²) >= 11 is 0. The van der Waals surface area contributed by atoms with Crippen LogP contribution in [0.15, 0.2) is 42.6 Å². The molecule has 0 aliphatic carbocycles. The molecule has 2 aliphatic heterocycles. The van der Waals surface area contributed by atoms with E-state index < -0.39 is 0 Å². The van der Waals surface area contributed by atoms with E-state index in [0.29, 0.717) is 37.6 Å². The Hall–Kier alpha value is -2.93. The molecule has 7 heteroatoms. The summed E-state index contributed by atoms with van der Waals surface area (Å²) in [6.45, 7) is 4.37. The molecule has 0 unspecified atom stereocenters. The van der Waals surface area contributed by atoms with Gasteiger partial charge in [-0.25, -0.2) is 0 Å². The number of pyridine rings is 1. The summed E-state index contributed by atoms with van der Waals surface area (Å²) in [6.07, 6.45) is 3.95. The van der Waals surface area contributed by atoms with E-state index in [1.807, 2.05) is 24.3 Å². The van der Waals surface area contributed by atoms with Gasteiger partial charge in [0.15, 0.2) is 0 Å². The Labute approximate surface area is 164 Å². The Balaban J connectivity index is 1.42. The normalized spacial score (nSPS) is 16.9. The van der Waals surface area contributed by atoms with Gasteiger partial charge in [0.25, 0.3) is 11.8 Å². The summed E-state index contributed by atoms with van der Waals surface area (Å²) in [6, 6.07) is 11.0. The largest absolute Gasteiger partial charge is 0.378 e. The van der Waals surface area contributed by atoms with Crippen LogP contribution in [0.1, 0.15) is 33.7 Å². The van der Waals surface area contributed by atoms with Gasteiger partial charge in [-0.1, -0.05) is 0 Å². The fourth-order valence-electron chi connectivity index (χ4n) is 3.56. The van der Waals surface area contributed by atoms with Gasteiger partial charge in [0.05, 0.1) is 13.2 Å². The lowest BCUT2D eigenvalue weighted by Crippen LogP contribution is -2.40. The lowest BCUT2D eigenvalue weighted by molar-refractivity contribution is 0.0303. The molecule has 0 bridgehead atoms. The smallest absolute Gasteiger partial charge is 0.274 e. The molecule has 2 amide bonds. The van der Waals surface area contributed by atoms with Crippen molar-refractivity contribution in [3.8, 4) is 0 Å². The van der Waals surface area contributed by atoms with Crippen molar-refractivity contribution in [3.05, 3.63) is 53.9 Å². The first-order valence-corrected chi connectivity index (χ1v) is 9.70. The maximum Gasteiger partial charge on any atom is 0.274 e. The first kappa shape index (κ1) is 18.4. The maximum absolute atomic E-state index is 12.6. The number of nitrogens with zero attached hydrogens (tertiary/aromatic N) is 3. The highest BCUT2D eigenvalue weighted by Gasteiger charge is 2.20. The van der Waals surface area contributed by atoms with Gasteiger partial charge in [0, 0.05) is 49.3 Å². The molecule has 146 valence electrons. The molecule has 28 heavy (non-hydrogen) atoms. The van der Waals surface area contributed by atoms with Gasteiger partial charge in [-0.15, -0.1) is 0 Å². The van der Waals surface area contributed by atoms with Crippen molar-refractivity contribution in [2.24, 2.45) is 0 Å². The van der Waals surface area contributed by atoms with Crippen LogP contribution in [-0.2, 0) is 4.74 Å². The summed E-state index contributed by atoms with van der Waals surface area (Å²) < 4.78 is 5.28. The molecule has 0 atom stereocenters. The second kappa shape index (κ2) is 8.39. The van der Waals surface area contributed by atoms with Crippen LogP contribution in [0, 0.1) is 0 Å². The van der Waals surface area contributed by atoms with Crippen LogP contribution >= 0.6 is 0 Å². The molecule has 2 saturated heterocycles. The van der Waals surface area contributed by atoms with Crippen molar-refractivity contribution in [2.75, 3.05) is 49.6 Å². The number of carbonyl (C=O) groups excluding carboxylic acids is 2. The van der Waals surface area contributed by atoms with Gasteiger partial charge in [0.2, 0.25) is 0 Å². The van der Waals surface area contributed by atoms with Crippen LogP contribution in [0.4, 0.5) is 11.4 Å². The second-order valence-corrected chi connectivity index (χ2v) is 7.03. The van der Waals surface area contributed by atoms with Crippen LogP contribution in [0.5, 0.6) is 0 Å². The minimum absolute atomic E-state index is 0.102. The molecule has 4 rings (SSSR count). The summed E-state index contributed by atoms with van der Waals surface area (Å²) in [5, 5.41) is 2.86. The van der Waals surface area contributed by atoms with Gasteiger partial charge in [-0.2, -0.15) is 0 Å². The second-order valence-electron chi connectivity index (χ2n) is 7.03. The molecular formula is C21H24N4O3. The number of hydrogen-bond donors (Lipinski definition) is 1. The molecule has 2 aromatic rings. The van der Waals surface area contributed by atoms with E-state index in [-0.39, 0.29) is 17.5 Å². The predicted molar refractivity (Wildman–Crippen MR) is 107 cm³/mol. The van der Waals surface area contributed by atoms with Gasteiger partial charge in [-0.3, -0.25) is 14.6 Å². The monoisotopic (exact) mass is 380 g/mol. The zero-order valence-corrected chi connectivity index (χ0v) is 15.8. The topological polar surface area (TPSA) is 74.8 Å². The molecule has 2 aliphatic rings. The summed E-state index contributed by atoms with van der Waals surface area (Å²) in [5.74, 6) is -0.430. The van der Waals surface area contributed by atoms with Crippen LogP contribution < -0.4 is 10.2 Å².